The standard InChI is InChI=1S/C26H21Cl2F2N7O3/c1-2-36(24(39)20-7-4-8-22(38)34-20)21-13-37(35-23(21)15-9-10-18(27)19(28)11-15)26(32-14-31)33-16-5-3-6-17(12-16)40-25(29)30/h3-12,21,25H,2,13H2,1H3,(H,32,33)(H,34,38)/t21-/m1/s1. The molecule has 3 aromatic rings. The summed E-state index contributed by atoms with van der Waals surface area (Å²) in [6.07, 6.45) is 1.79. The van der Waals surface area contributed by atoms with Gasteiger partial charge in [-0.25, -0.2) is 10.0 Å². The average Bonchev–Trinajstić information content (AvgIpc) is 3.35. The minimum atomic E-state index is -3.02. The molecule has 2 heterocycles. The molecule has 206 valence electrons. The Labute approximate surface area is 237 Å². The second-order valence-corrected chi connectivity index (χ2v) is 9.09. The number of pyridine rings is 1. The number of nitriles is 1. The van der Waals surface area contributed by atoms with E-state index in [-0.39, 0.29) is 41.2 Å². The lowest BCUT2D eigenvalue weighted by molar-refractivity contribution is -0.0498. The highest BCUT2D eigenvalue weighted by Crippen LogP contribution is 2.28. The van der Waals surface area contributed by atoms with Crippen LogP contribution in [0.2, 0.25) is 10.0 Å². The second-order valence-electron chi connectivity index (χ2n) is 8.28. The van der Waals surface area contributed by atoms with Gasteiger partial charge in [0.2, 0.25) is 11.5 Å². The fourth-order valence-electron chi connectivity index (χ4n) is 4.06. The maximum Gasteiger partial charge on any atom is 0.387 e. The summed E-state index contributed by atoms with van der Waals surface area (Å²) >= 11 is 12.4. The number of carbonyl (C=O) groups excluding carboxylic acids is 1. The summed E-state index contributed by atoms with van der Waals surface area (Å²) in [6.45, 7) is -0.969. The maximum atomic E-state index is 13.5. The van der Waals surface area contributed by atoms with Crippen LogP contribution in [0.15, 0.2) is 75.6 Å². The molecule has 1 amide bonds. The normalized spacial score (nSPS) is 15.0. The van der Waals surface area contributed by atoms with E-state index in [1.165, 1.54) is 52.4 Å². The van der Waals surface area contributed by atoms with Crippen molar-refractivity contribution in [3.8, 4) is 11.9 Å². The number of rotatable bonds is 7. The number of guanidine groups is 1. The van der Waals surface area contributed by atoms with Gasteiger partial charge in [0.05, 0.1) is 34.0 Å². The number of halogens is 4. The molecular formula is C26H21Cl2F2N7O3. The summed E-state index contributed by atoms with van der Waals surface area (Å²) in [4.78, 5) is 33.8. The van der Waals surface area contributed by atoms with E-state index in [1.54, 1.807) is 31.3 Å². The Balaban J connectivity index is 1.77. The van der Waals surface area contributed by atoms with Crippen molar-refractivity contribution in [1.29, 1.82) is 5.26 Å². The van der Waals surface area contributed by atoms with E-state index >= 15 is 0 Å². The fourth-order valence-corrected chi connectivity index (χ4v) is 4.36. The zero-order valence-corrected chi connectivity index (χ0v) is 22.3. The van der Waals surface area contributed by atoms with Crippen LogP contribution < -0.4 is 15.6 Å². The number of benzene rings is 2. The van der Waals surface area contributed by atoms with Crippen LogP contribution in [-0.4, -0.2) is 58.2 Å². The Morgan fingerprint density at radius 3 is 2.70 bits per heavy atom. The number of alkyl halides is 2. The number of hydrogen-bond donors (Lipinski definition) is 2. The second kappa shape index (κ2) is 12.6. The molecule has 2 N–H and O–H groups in total. The van der Waals surface area contributed by atoms with E-state index in [4.69, 9.17) is 23.2 Å². The fraction of sp³-hybridized carbons (Fsp3) is 0.192. The van der Waals surface area contributed by atoms with Gasteiger partial charge >= 0.3 is 6.61 Å². The smallest absolute Gasteiger partial charge is 0.387 e. The molecular weight excluding hydrogens is 567 g/mol. The topological polar surface area (TPSA) is 126 Å². The summed E-state index contributed by atoms with van der Waals surface area (Å²) in [7, 11) is 0. The third-order valence-corrected chi connectivity index (χ3v) is 6.51. The van der Waals surface area contributed by atoms with Gasteiger partial charge in [-0.2, -0.15) is 19.1 Å². The van der Waals surface area contributed by atoms with Crippen LogP contribution in [0.3, 0.4) is 0 Å². The largest absolute Gasteiger partial charge is 0.435 e. The van der Waals surface area contributed by atoms with Crippen molar-refractivity contribution in [3.05, 3.63) is 92.3 Å². The molecule has 0 radical (unpaired) electrons. The van der Waals surface area contributed by atoms with Gasteiger partial charge in [0.1, 0.15) is 11.4 Å². The maximum absolute atomic E-state index is 13.5. The minimum absolute atomic E-state index is 0.0339. The van der Waals surface area contributed by atoms with Crippen molar-refractivity contribution >= 4 is 46.5 Å². The van der Waals surface area contributed by atoms with Gasteiger partial charge in [-0.1, -0.05) is 41.4 Å². The first-order valence-corrected chi connectivity index (χ1v) is 12.6. The zero-order valence-electron chi connectivity index (χ0n) is 20.8. The van der Waals surface area contributed by atoms with Crippen molar-refractivity contribution in [2.45, 2.75) is 19.6 Å². The number of aliphatic imine (C=N–C) groups is 1. The number of amides is 1. The first-order valence-electron chi connectivity index (χ1n) is 11.8. The van der Waals surface area contributed by atoms with E-state index in [9.17, 15) is 23.6 Å². The van der Waals surface area contributed by atoms with E-state index in [2.05, 4.69) is 25.1 Å². The van der Waals surface area contributed by atoms with Crippen LogP contribution in [0.1, 0.15) is 23.0 Å². The highest BCUT2D eigenvalue weighted by Gasteiger charge is 2.37. The van der Waals surface area contributed by atoms with Gasteiger partial charge in [-0.3, -0.25) is 14.9 Å². The van der Waals surface area contributed by atoms with Crippen molar-refractivity contribution in [2.75, 3.05) is 13.1 Å². The van der Waals surface area contributed by atoms with Crippen LogP contribution in [0.4, 0.5) is 14.5 Å². The Morgan fingerprint density at radius 1 is 1.25 bits per heavy atom. The highest BCUT2D eigenvalue weighted by molar-refractivity contribution is 6.42. The summed E-state index contributed by atoms with van der Waals surface area (Å²) in [5, 5.41) is 18.5. The van der Waals surface area contributed by atoms with Crippen LogP contribution in [0.5, 0.6) is 5.75 Å². The number of aromatic nitrogens is 1. The van der Waals surface area contributed by atoms with Gasteiger partial charge in [0, 0.05) is 24.2 Å². The monoisotopic (exact) mass is 587 g/mol. The first kappa shape index (κ1) is 28.5. The summed E-state index contributed by atoms with van der Waals surface area (Å²) in [5.74, 6) is -0.608. The Hall–Kier alpha value is -4.47. The molecule has 0 fully saturated rings. The van der Waals surface area contributed by atoms with Crippen LogP contribution in [0.25, 0.3) is 0 Å². The third kappa shape index (κ3) is 6.56. The summed E-state index contributed by atoms with van der Waals surface area (Å²) in [5.41, 5.74) is 0.823. The van der Waals surface area contributed by atoms with Gasteiger partial charge in [-0.05, 0) is 37.3 Å². The molecule has 0 saturated carbocycles. The van der Waals surface area contributed by atoms with Gasteiger partial charge in [0.25, 0.3) is 5.91 Å². The number of likely N-dealkylation sites (N-methyl/N-ethyl adjacent to an activating group) is 1. The summed E-state index contributed by atoms with van der Waals surface area (Å²) in [6, 6.07) is 14.1. The van der Waals surface area contributed by atoms with E-state index in [0.717, 1.165) is 0 Å². The number of hydrazone groups is 1. The number of H-pyrrole nitrogens is 1. The third-order valence-electron chi connectivity index (χ3n) is 5.77. The van der Waals surface area contributed by atoms with E-state index in [0.29, 0.717) is 16.3 Å². The molecule has 0 unspecified atom stereocenters. The molecule has 14 heteroatoms. The number of hydrogen-bond acceptors (Lipinski definition) is 6. The molecule has 0 saturated heterocycles. The Bertz CT molecular complexity index is 1570. The summed E-state index contributed by atoms with van der Waals surface area (Å²) < 4.78 is 29.8. The van der Waals surface area contributed by atoms with Crippen molar-refractivity contribution in [1.82, 2.24) is 20.2 Å². The van der Waals surface area contributed by atoms with Gasteiger partial charge in [-0.15, -0.1) is 0 Å². The van der Waals surface area contributed by atoms with Crippen LogP contribution >= 0.6 is 23.2 Å². The van der Waals surface area contributed by atoms with Crippen molar-refractivity contribution in [3.63, 3.8) is 0 Å². The number of nitrogens with zero attached hydrogens (tertiary/aromatic N) is 5. The molecule has 1 aliphatic heterocycles. The molecule has 10 nitrogen and oxygen atoms in total. The molecule has 4 rings (SSSR count). The lowest BCUT2D eigenvalue weighted by Gasteiger charge is -2.29. The van der Waals surface area contributed by atoms with Crippen LogP contribution in [-0.2, 0) is 0 Å². The van der Waals surface area contributed by atoms with Crippen molar-refractivity contribution in [2.24, 2.45) is 10.1 Å². The number of nitrogens with one attached hydrogen (secondary N) is 2. The van der Waals surface area contributed by atoms with E-state index < -0.39 is 24.1 Å². The lowest BCUT2D eigenvalue weighted by atomic mass is 10.0. The predicted octanol–water partition coefficient (Wildman–Crippen LogP) is 4.59. The highest BCUT2D eigenvalue weighted by atomic mass is 35.5. The van der Waals surface area contributed by atoms with Crippen molar-refractivity contribution < 1.29 is 18.3 Å². The molecule has 40 heavy (non-hydrogen) atoms. The quantitative estimate of drug-likeness (QED) is 0.180. The van der Waals surface area contributed by atoms with Gasteiger partial charge < -0.3 is 14.6 Å². The SMILES string of the molecule is CCN(C(=O)c1cccc(=O)[nH]1)[C@@H]1CN(C(=Nc2cccc(OC(F)F)c2)NC#N)N=C1c1ccc(Cl)c(Cl)c1. The molecule has 2 aromatic carbocycles. The molecule has 1 aliphatic rings. The molecule has 0 spiro atoms. The Morgan fingerprint density at radius 2 is 2.02 bits per heavy atom. The minimum Gasteiger partial charge on any atom is -0.435 e. The van der Waals surface area contributed by atoms with E-state index in [1.807, 2.05) is 0 Å². The number of carbonyl (C=O) groups is 1. The molecule has 0 bridgehead atoms. The molecule has 1 atom stereocenters. The van der Waals surface area contributed by atoms with Gasteiger partial charge in [0.15, 0.2) is 6.19 Å². The molecule has 0 aliphatic carbocycles. The number of ether oxygens (including phenoxy) is 1. The average molecular weight is 588 g/mol. The number of aromatic amines is 1. The predicted molar refractivity (Wildman–Crippen MR) is 146 cm³/mol. The van der Waals surface area contributed by atoms with Crippen LogP contribution in [0, 0.1) is 11.5 Å². The first-order chi connectivity index (χ1) is 19.2. The Kier molecular flexibility index (Phi) is 8.98. The zero-order chi connectivity index (χ0) is 28.8. The lowest BCUT2D eigenvalue weighted by Crippen LogP contribution is -2.48. The molecule has 1 aromatic heterocycles.